The normalized spacial score (nSPS) is 11.2. The van der Waals surface area contributed by atoms with E-state index in [4.69, 9.17) is 9.57 Å². The van der Waals surface area contributed by atoms with Crippen LogP contribution in [0, 0.1) is 0 Å². The van der Waals surface area contributed by atoms with Gasteiger partial charge in [0.05, 0.1) is 12.8 Å². The van der Waals surface area contributed by atoms with Crippen molar-refractivity contribution in [2.75, 3.05) is 25.7 Å². The first-order valence-corrected chi connectivity index (χ1v) is 8.98. The number of ether oxygens (including phenoxy) is 1. The van der Waals surface area contributed by atoms with Gasteiger partial charge in [0.2, 0.25) is 0 Å². The maximum absolute atomic E-state index is 11.5. The van der Waals surface area contributed by atoms with Gasteiger partial charge in [0.25, 0.3) is 0 Å². The third-order valence-corrected chi connectivity index (χ3v) is 3.83. The molecule has 24 heavy (non-hydrogen) atoms. The van der Waals surface area contributed by atoms with E-state index in [9.17, 15) is 4.79 Å². The number of amides is 1. The van der Waals surface area contributed by atoms with Gasteiger partial charge in [-0.25, -0.2) is 4.79 Å². The van der Waals surface area contributed by atoms with Gasteiger partial charge in [0.1, 0.15) is 5.60 Å². The van der Waals surface area contributed by atoms with Crippen LogP contribution in [0.5, 0.6) is 0 Å². The number of hydrogen-bond donors (Lipinski definition) is 3. The maximum atomic E-state index is 11.5. The number of alkyl carbamates (subject to hydrolysis) is 1. The van der Waals surface area contributed by atoms with Crippen molar-refractivity contribution < 1.29 is 14.4 Å². The first-order chi connectivity index (χ1) is 11.4. The number of rotatable bonds is 10. The second-order valence-electron chi connectivity index (χ2n) is 6.29. The molecular formula is C17H29N3O3S. The molecule has 1 amide bonds. The molecule has 0 unspecified atom stereocenters. The predicted octanol–water partition coefficient (Wildman–Crippen LogP) is 3.95. The van der Waals surface area contributed by atoms with E-state index in [0.717, 1.165) is 36.4 Å². The van der Waals surface area contributed by atoms with Crippen LogP contribution in [0.3, 0.4) is 0 Å². The second kappa shape index (κ2) is 11.2. The largest absolute Gasteiger partial charge is 0.444 e. The van der Waals surface area contributed by atoms with E-state index in [1.165, 1.54) is 0 Å². The maximum Gasteiger partial charge on any atom is 0.407 e. The minimum Gasteiger partial charge on any atom is -0.444 e. The number of para-hydroxylation sites is 1. The highest BCUT2D eigenvalue weighted by molar-refractivity contribution is 7.97. The molecule has 136 valence electrons. The smallest absolute Gasteiger partial charge is 0.407 e. The molecule has 1 aromatic rings. The van der Waals surface area contributed by atoms with E-state index >= 15 is 0 Å². The Balaban J connectivity index is 2.06. The van der Waals surface area contributed by atoms with E-state index in [1.807, 2.05) is 45.0 Å². The van der Waals surface area contributed by atoms with Gasteiger partial charge < -0.3 is 10.1 Å². The summed E-state index contributed by atoms with van der Waals surface area (Å²) in [5.74, 6) is 0. The number of carbonyl (C=O) groups excluding carboxylic acids is 1. The minimum absolute atomic E-state index is 0.349. The summed E-state index contributed by atoms with van der Waals surface area (Å²) in [5, 5.41) is 2.77. The third kappa shape index (κ3) is 9.64. The lowest BCUT2D eigenvalue weighted by atomic mass is 10.2. The number of unbranched alkanes of at least 4 members (excludes halogenated alkanes) is 2. The Morgan fingerprint density at radius 2 is 1.83 bits per heavy atom. The molecule has 0 aliphatic carbocycles. The van der Waals surface area contributed by atoms with E-state index in [-0.39, 0.29) is 6.09 Å². The molecular weight excluding hydrogens is 326 g/mol. The molecule has 0 radical (unpaired) electrons. The molecule has 0 bridgehead atoms. The molecule has 0 aliphatic rings. The van der Waals surface area contributed by atoms with Crippen LogP contribution in [0.1, 0.15) is 40.0 Å². The highest BCUT2D eigenvalue weighted by Gasteiger charge is 2.15. The first kappa shape index (κ1) is 20.6. The summed E-state index contributed by atoms with van der Waals surface area (Å²) in [5.41, 5.74) is 3.36. The lowest BCUT2D eigenvalue weighted by Crippen LogP contribution is -2.33. The molecule has 0 aromatic heterocycles. The Morgan fingerprint density at radius 3 is 2.54 bits per heavy atom. The van der Waals surface area contributed by atoms with Crippen LogP contribution in [-0.2, 0) is 9.57 Å². The van der Waals surface area contributed by atoms with Gasteiger partial charge >= 0.3 is 6.09 Å². The molecule has 3 N–H and O–H groups in total. The standard InChI is InChI=1S/C17H29N3O3S/c1-17(2,3)23-16(21)18-12-8-5-9-13-19-24-15-11-7-6-10-14(15)20-22-4/h6-7,10-11,19-20H,5,8-9,12-13H2,1-4H3,(H,18,21). The van der Waals surface area contributed by atoms with Gasteiger partial charge in [0.15, 0.2) is 0 Å². The van der Waals surface area contributed by atoms with Crippen molar-refractivity contribution in [2.45, 2.75) is 50.5 Å². The van der Waals surface area contributed by atoms with Crippen molar-refractivity contribution >= 4 is 23.7 Å². The van der Waals surface area contributed by atoms with Crippen molar-refractivity contribution in [3.05, 3.63) is 24.3 Å². The summed E-state index contributed by atoms with van der Waals surface area (Å²) in [6, 6.07) is 7.95. The molecule has 0 fully saturated rings. The van der Waals surface area contributed by atoms with Crippen molar-refractivity contribution in [3.8, 4) is 0 Å². The zero-order valence-corrected chi connectivity index (χ0v) is 15.8. The lowest BCUT2D eigenvalue weighted by Gasteiger charge is -2.19. The van der Waals surface area contributed by atoms with Crippen molar-refractivity contribution in [1.82, 2.24) is 10.0 Å². The van der Waals surface area contributed by atoms with E-state index < -0.39 is 5.60 Å². The summed E-state index contributed by atoms with van der Waals surface area (Å²) in [6.45, 7) is 7.11. The Morgan fingerprint density at radius 1 is 1.12 bits per heavy atom. The molecule has 7 heteroatoms. The molecule has 0 heterocycles. The molecule has 1 aromatic carbocycles. The van der Waals surface area contributed by atoms with Gasteiger partial charge in [-0.15, -0.1) is 0 Å². The fourth-order valence-corrected chi connectivity index (χ4v) is 2.65. The number of benzene rings is 1. The Bertz CT molecular complexity index is 492. The molecule has 0 atom stereocenters. The van der Waals surface area contributed by atoms with E-state index in [2.05, 4.69) is 15.5 Å². The second-order valence-corrected chi connectivity index (χ2v) is 7.22. The molecule has 0 aliphatic heterocycles. The van der Waals surface area contributed by atoms with E-state index in [0.29, 0.717) is 6.54 Å². The summed E-state index contributed by atoms with van der Waals surface area (Å²) in [4.78, 5) is 17.5. The van der Waals surface area contributed by atoms with Crippen LogP contribution in [0.2, 0.25) is 0 Å². The fraction of sp³-hybridized carbons (Fsp3) is 0.588. The fourth-order valence-electron chi connectivity index (χ4n) is 1.88. The number of anilines is 1. The van der Waals surface area contributed by atoms with Crippen molar-refractivity contribution in [2.24, 2.45) is 0 Å². The molecule has 0 saturated carbocycles. The number of carbonyl (C=O) groups is 1. The van der Waals surface area contributed by atoms with E-state index in [1.54, 1.807) is 19.1 Å². The Kier molecular flexibility index (Phi) is 9.59. The van der Waals surface area contributed by atoms with Crippen molar-refractivity contribution in [1.29, 1.82) is 0 Å². The summed E-state index contributed by atoms with van der Waals surface area (Å²) in [6.07, 6.45) is 2.68. The quantitative estimate of drug-likeness (QED) is 0.335. The summed E-state index contributed by atoms with van der Waals surface area (Å²) < 4.78 is 8.52. The topological polar surface area (TPSA) is 71.6 Å². The average Bonchev–Trinajstić information content (AvgIpc) is 2.50. The van der Waals surface area contributed by atoms with Crippen LogP contribution < -0.4 is 15.5 Å². The third-order valence-electron chi connectivity index (χ3n) is 2.91. The van der Waals surface area contributed by atoms with Crippen LogP contribution in [-0.4, -0.2) is 31.9 Å². The van der Waals surface area contributed by atoms with Crippen LogP contribution >= 0.6 is 11.9 Å². The van der Waals surface area contributed by atoms with Crippen molar-refractivity contribution in [3.63, 3.8) is 0 Å². The summed E-state index contributed by atoms with van der Waals surface area (Å²) >= 11 is 1.58. The van der Waals surface area contributed by atoms with Crippen LogP contribution in [0.4, 0.5) is 10.5 Å². The van der Waals surface area contributed by atoms with Gasteiger partial charge in [-0.3, -0.25) is 15.0 Å². The SMILES string of the molecule is CONc1ccccc1SNCCCCCNC(=O)OC(C)(C)C. The minimum atomic E-state index is -0.445. The highest BCUT2D eigenvalue weighted by atomic mass is 32.2. The Labute approximate surface area is 149 Å². The lowest BCUT2D eigenvalue weighted by molar-refractivity contribution is 0.0527. The Hall–Kier alpha value is -1.44. The summed E-state index contributed by atoms with van der Waals surface area (Å²) in [7, 11) is 1.60. The molecule has 1 rings (SSSR count). The zero-order chi connectivity index (χ0) is 17.8. The predicted molar refractivity (Wildman–Crippen MR) is 99.0 cm³/mol. The zero-order valence-electron chi connectivity index (χ0n) is 15.0. The van der Waals surface area contributed by atoms with Gasteiger partial charge in [0, 0.05) is 18.0 Å². The first-order valence-electron chi connectivity index (χ1n) is 8.17. The molecule has 0 spiro atoms. The highest BCUT2D eigenvalue weighted by Crippen LogP contribution is 2.24. The monoisotopic (exact) mass is 355 g/mol. The number of hydrogen-bond acceptors (Lipinski definition) is 6. The van der Waals surface area contributed by atoms with Gasteiger partial charge in [-0.05, 0) is 57.7 Å². The van der Waals surface area contributed by atoms with Crippen LogP contribution in [0.15, 0.2) is 29.2 Å². The van der Waals surface area contributed by atoms with Gasteiger partial charge in [-0.1, -0.05) is 18.6 Å². The number of nitrogens with one attached hydrogen (secondary N) is 3. The van der Waals surface area contributed by atoms with Crippen LogP contribution in [0.25, 0.3) is 0 Å². The molecule has 6 nitrogen and oxygen atoms in total. The average molecular weight is 356 g/mol. The molecule has 0 saturated heterocycles. The van der Waals surface area contributed by atoms with Gasteiger partial charge in [-0.2, -0.15) is 0 Å².